The van der Waals surface area contributed by atoms with Crippen molar-refractivity contribution >= 4 is 5.69 Å². The summed E-state index contributed by atoms with van der Waals surface area (Å²) >= 11 is 0. The third kappa shape index (κ3) is 2.76. The van der Waals surface area contributed by atoms with Crippen molar-refractivity contribution in [3.8, 4) is 0 Å². The van der Waals surface area contributed by atoms with Gasteiger partial charge >= 0.3 is 0 Å². The zero-order valence-electron chi connectivity index (χ0n) is 10.4. The summed E-state index contributed by atoms with van der Waals surface area (Å²) < 4.78 is 5.79. The normalized spacial score (nSPS) is 24.7. The number of ether oxygens (including phenoxy) is 1. The minimum absolute atomic E-state index is 0.384. The van der Waals surface area contributed by atoms with Crippen molar-refractivity contribution in [1.82, 2.24) is 0 Å². The summed E-state index contributed by atoms with van der Waals surface area (Å²) in [7, 11) is 0. The number of hydrogen-bond acceptors (Lipinski definition) is 2. The summed E-state index contributed by atoms with van der Waals surface area (Å²) in [5, 5.41) is 3.49. The maximum absolute atomic E-state index is 5.79. The molecule has 2 atom stereocenters. The van der Waals surface area contributed by atoms with Crippen LogP contribution in [-0.4, -0.2) is 18.8 Å². The zero-order chi connectivity index (χ0) is 11.5. The molecule has 1 aromatic rings. The summed E-state index contributed by atoms with van der Waals surface area (Å²) in [6, 6.07) is 6.51. The molecule has 0 spiro atoms. The van der Waals surface area contributed by atoms with E-state index in [4.69, 9.17) is 4.74 Å². The van der Waals surface area contributed by atoms with Gasteiger partial charge in [-0.05, 0) is 50.8 Å². The number of hydrogen-bond donors (Lipinski definition) is 1. The van der Waals surface area contributed by atoms with E-state index in [1.807, 2.05) is 0 Å². The Labute approximate surface area is 98.0 Å². The fourth-order valence-corrected chi connectivity index (χ4v) is 2.19. The molecule has 2 nitrogen and oxygen atoms in total. The largest absolute Gasteiger partial charge is 0.382 e. The van der Waals surface area contributed by atoms with Gasteiger partial charge in [-0.25, -0.2) is 0 Å². The van der Waals surface area contributed by atoms with Crippen molar-refractivity contribution in [2.45, 2.75) is 45.8 Å². The van der Waals surface area contributed by atoms with Crippen LogP contribution in [0, 0.1) is 13.8 Å². The number of anilines is 1. The molecular weight excluding hydrogens is 198 g/mol. The summed E-state index contributed by atoms with van der Waals surface area (Å²) in [6.45, 7) is 7.34. The molecule has 0 aliphatic carbocycles. The molecule has 1 aliphatic rings. The van der Waals surface area contributed by atoms with E-state index in [-0.39, 0.29) is 0 Å². The molecule has 0 aromatic heterocycles. The van der Waals surface area contributed by atoms with Gasteiger partial charge in [0.15, 0.2) is 0 Å². The second-order valence-corrected chi connectivity index (χ2v) is 4.85. The third-order valence-corrected chi connectivity index (χ3v) is 3.23. The molecule has 1 fully saturated rings. The Kier molecular flexibility index (Phi) is 3.49. The highest BCUT2D eigenvalue weighted by Gasteiger charge is 2.21. The van der Waals surface area contributed by atoms with E-state index in [1.165, 1.54) is 29.7 Å². The van der Waals surface area contributed by atoms with E-state index < -0.39 is 0 Å². The molecule has 2 heteroatoms. The molecule has 0 radical (unpaired) electrons. The lowest BCUT2D eigenvalue weighted by Crippen LogP contribution is -2.20. The van der Waals surface area contributed by atoms with Crippen LogP contribution in [0.3, 0.4) is 0 Å². The van der Waals surface area contributed by atoms with Crippen LogP contribution in [0.15, 0.2) is 18.2 Å². The van der Waals surface area contributed by atoms with Gasteiger partial charge in [-0.3, -0.25) is 0 Å². The van der Waals surface area contributed by atoms with E-state index in [0.717, 1.165) is 6.54 Å². The fraction of sp³-hybridized carbons (Fsp3) is 0.571. The minimum atomic E-state index is 0.384. The molecule has 0 amide bonds. The maximum Gasteiger partial charge on any atom is 0.0751 e. The summed E-state index contributed by atoms with van der Waals surface area (Å²) in [5.74, 6) is 0. The van der Waals surface area contributed by atoms with E-state index in [9.17, 15) is 0 Å². The lowest BCUT2D eigenvalue weighted by molar-refractivity contribution is 0.0637. The van der Waals surface area contributed by atoms with Crippen LogP contribution < -0.4 is 5.32 Å². The van der Waals surface area contributed by atoms with Gasteiger partial charge in [-0.15, -0.1) is 0 Å². The Balaban J connectivity index is 1.91. The van der Waals surface area contributed by atoms with Crippen LogP contribution in [0.4, 0.5) is 5.69 Å². The molecule has 1 N–H and O–H groups in total. The molecule has 1 saturated heterocycles. The quantitative estimate of drug-likeness (QED) is 0.842. The first kappa shape index (κ1) is 11.5. The van der Waals surface area contributed by atoms with Gasteiger partial charge in [0, 0.05) is 12.2 Å². The van der Waals surface area contributed by atoms with Crippen LogP contribution in [0.25, 0.3) is 0 Å². The van der Waals surface area contributed by atoms with Crippen molar-refractivity contribution in [2.24, 2.45) is 0 Å². The van der Waals surface area contributed by atoms with E-state index in [2.05, 4.69) is 44.3 Å². The predicted octanol–water partition coefficient (Wildman–Crippen LogP) is 3.28. The number of aryl methyl sites for hydroxylation is 2. The lowest BCUT2D eigenvalue weighted by atomic mass is 10.1. The van der Waals surface area contributed by atoms with Crippen LogP contribution in [0.5, 0.6) is 0 Å². The van der Waals surface area contributed by atoms with Gasteiger partial charge in [0.25, 0.3) is 0 Å². The smallest absolute Gasteiger partial charge is 0.0751 e. The van der Waals surface area contributed by atoms with Crippen LogP contribution >= 0.6 is 0 Å². The predicted molar refractivity (Wildman–Crippen MR) is 68.0 cm³/mol. The number of benzene rings is 1. The maximum atomic E-state index is 5.79. The summed E-state index contributed by atoms with van der Waals surface area (Å²) in [6.07, 6.45) is 3.19. The molecule has 1 aliphatic heterocycles. The molecule has 88 valence electrons. The van der Waals surface area contributed by atoms with Gasteiger partial charge in [-0.2, -0.15) is 0 Å². The zero-order valence-corrected chi connectivity index (χ0v) is 10.4. The average Bonchev–Trinajstić information content (AvgIpc) is 2.66. The van der Waals surface area contributed by atoms with Gasteiger partial charge in [0.2, 0.25) is 0 Å². The second-order valence-electron chi connectivity index (χ2n) is 4.85. The molecule has 16 heavy (non-hydrogen) atoms. The van der Waals surface area contributed by atoms with Crippen molar-refractivity contribution in [2.75, 3.05) is 11.9 Å². The van der Waals surface area contributed by atoms with Crippen LogP contribution in [-0.2, 0) is 4.74 Å². The second kappa shape index (κ2) is 4.88. The Hall–Kier alpha value is -1.02. The Morgan fingerprint density at radius 1 is 1.31 bits per heavy atom. The topological polar surface area (TPSA) is 21.3 Å². The Bertz CT molecular complexity index is 362. The molecule has 1 aromatic carbocycles. The molecule has 2 unspecified atom stereocenters. The van der Waals surface area contributed by atoms with Crippen molar-refractivity contribution in [3.63, 3.8) is 0 Å². The molecule has 0 saturated carbocycles. The summed E-state index contributed by atoms with van der Waals surface area (Å²) in [4.78, 5) is 0. The lowest BCUT2D eigenvalue weighted by Gasteiger charge is -2.15. The van der Waals surface area contributed by atoms with E-state index in [0.29, 0.717) is 12.2 Å². The van der Waals surface area contributed by atoms with Crippen molar-refractivity contribution < 1.29 is 4.74 Å². The van der Waals surface area contributed by atoms with Crippen molar-refractivity contribution in [1.29, 1.82) is 0 Å². The fourth-order valence-electron chi connectivity index (χ4n) is 2.19. The molecule has 2 rings (SSSR count). The van der Waals surface area contributed by atoms with E-state index >= 15 is 0 Å². The van der Waals surface area contributed by atoms with Gasteiger partial charge in [-0.1, -0.05) is 12.1 Å². The highest BCUT2D eigenvalue weighted by molar-refractivity contribution is 5.52. The van der Waals surface area contributed by atoms with Crippen LogP contribution in [0.1, 0.15) is 30.9 Å². The first-order chi connectivity index (χ1) is 7.65. The Morgan fingerprint density at radius 3 is 2.81 bits per heavy atom. The van der Waals surface area contributed by atoms with Crippen molar-refractivity contribution in [3.05, 3.63) is 29.3 Å². The number of nitrogens with one attached hydrogen (secondary N) is 1. The highest BCUT2D eigenvalue weighted by Crippen LogP contribution is 2.21. The number of rotatable bonds is 3. The monoisotopic (exact) mass is 219 g/mol. The van der Waals surface area contributed by atoms with Gasteiger partial charge < -0.3 is 10.1 Å². The van der Waals surface area contributed by atoms with Gasteiger partial charge in [0.05, 0.1) is 12.2 Å². The first-order valence-corrected chi connectivity index (χ1v) is 6.12. The molecule has 1 heterocycles. The standard InChI is InChI=1S/C14H21NO/c1-10-4-5-11(2)14(8-10)15-9-13-7-6-12(3)16-13/h4-5,8,12-13,15H,6-7,9H2,1-3H3. The van der Waals surface area contributed by atoms with Gasteiger partial charge in [0.1, 0.15) is 0 Å². The highest BCUT2D eigenvalue weighted by atomic mass is 16.5. The van der Waals surface area contributed by atoms with Crippen LogP contribution in [0.2, 0.25) is 0 Å². The third-order valence-electron chi connectivity index (χ3n) is 3.23. The minimum Gasteiger partial charge on any atom is -0.382 e. The molecule has 0 bridgehead atoms. The first-order valence-electron chi connectivity index (χ1n) is 6.12. The SMILES string of the molecule is Cc1ccc(C)c(NCC2CCC(C)O2)c1. The Morgan fingerprint density at radius 2 is 2.12 bits per heavy atom. The molecular formula is C14H21NO. The summed E-state index contributed by atoms with van der Waals surface area (Å²) in [5.41, 5.74) is 3.84. The average molecular weight is 219 g/mol. The van der Waals surface area contributed by atoms with E-state index in [1.54, 1.807) is 0 Å².